The smallest absolute Gasteiger partial charge is 1.00 e. The van der Waals surface area contributed by atoms with Gasteiger partial charge in [-0.25, -0.2) is 0 Å². The summed E-state index contributed by atoms with van der Waals surface area (Å²) in [5, 5.41) is 20.8. The third-order valence-corrected chi connectivity index (χ3v) is 3.14. The maximum absolute atomic E-state index is 10.7. The van der Waals surface area contributed by atoms with Crippen LogP contribution in [0.1, 0.15) is 13.1 Å². The van der Waals surface area contributed by atoms with Crippen molar-refractivity contribution in [3.05, 3.63) is 70.3 Å². The molecule has 0 fully saturated rings. The first-order chi connectivity index (χ1) is 10.6. The van der Waals surface area contributed by atoms with Gasteiger partial charge in [0, 0.05) is 4.92 Å². The van der Waals surface area contributed by atoms with Crippen molar-refractivity contribution < 1.29 is 50.5 Å². The van der Waals surface area contributed by atoms with Crippen LogP contribution in [0.15, 0.2) is 54.6 Å². The molecule has 0 aliphatic heterocycles. The Morgan fingerprint density at radius 3 is 2.26 bits per heavy atom. The van der Waals surface area contributed by atoms with Crippen molar-refractivity contribution in [2.45, 2.75) is 12.2 Å². The molecule has 0 spiro atoms. The van der Waals surface area contributed by atoms with E-state index in [0.29, 0.717) is 17.1 Å². The molecule has 0 aliphatic carbocycles. The molecular weight excluding hydrogens is 309 g/mol. The van der Waals surface area contributed by atoms with Gasteiger partial charge in [-0.1, -0.05) is 42.5 Å². The van der Waals surface area contributed by atoms with Crippen LogP contribution in [0.3, 0.4) is 0 Å². The molecular formula is C16H18NNaO5. The first kappa shape index (κ1) is 19.4. The van der Waals surface area contributed by atoms with Gasteiger partial charge in [0.1, 0.15) is 0 Å². The van der Waals surface area contributed by atoms with Crippen molar-refractivity contribution in [2.24, 2.45) is 0 Å². The summed E-state index contributed by atoms with van der Waals surface area (Å²) in [4.78, 5) is 10.1. The second-order valence-electron chi connectivity index (χ2n) is 4.68. The van der Waals surface area contributed by atoms with Crippen LogP contribution >= 0.6 is 0 Å². The van der Waals surface area contributed by atoms with E-state index in [1.807, 2.05) is 6.07 Å². The number of aliphatic hydroxyl groups is 1. The van der Waals surface area contributed by atoms with Crippen LogP contribution in [0.25, 0.3) is 0 Å². The van der Waals surface area contributed by atoms with Crippen LogP contribution in [0.4, 0.5) is 0 Å². The summed E-state index contributed by atoms with van der Waals surface area (Å²) in [7, 11) is 1.51. The van der Waals surface area contributed by atoms with Gasteiger partial charge in [-0.15, -0.1) is 0 Å². The maximum Gasteiger partial charge on any atom is 1.00 e. The molecule has 0 saturated carbocycles. The maximum atomic E-state index is 10.7. The third kappa shape index (κ3) is 5.51. The normalized spacial score (nSPS) is 12.6. The standard InChI is InChI=1S/C16H17NO5.Na.H/c1-21-14-9-5-6-10-15(14)22-16(13(18)11-17(19)20)12-7-3-2-4-8-12;;/h2-10,13,16,18H,11H2,1H3;;/q;+1;-1. The Morgan fingerprint density at radius 1 is 1.13 bits per heavy atom. The Kier molecular flexibility index (Phi) is 8.05. The van der Waals surface area contributed by atoms with Crippen molar-refractivity contribution in [3.8, 4) is 11.5 Å². The summed E-state index contributed by atoms with van der Waals surface area (Å²) in [5.41, 5.74) is 0.655. The minimum atomic E-state index is -1.28. The molecule has 0 saturated heterocycles. The molecule has 0 aliphatic rings. The SMILES string of the molecule is COc1ccccc1OC(c1ccccc1)C(O)C[N+](=O)[O-].[H-].[Na+]. The number of ether oxygens (including phenoxy) is 2. The number of para-hydroxylation sites is 2. The van der Waals surface area contributed by atoms with Crippen molar-refractivity contribution in [2.75, 3.05) is 13.7 Å². The Bertz CT molecular complexity index is 629. The average Bonchev–Trinajstić information content (AvgIpc) is 2.53. The summed E-state index contributed by atoms with van der Waals surface area (Å²) in [6.45, 7) is -0.602. The van der Waals surface area contributed by atoms with Crippen LogP contribution in [0, 0.1) is 10.1 Å². The zero-order chi connectivity index (χ0) is 15.9. The number of rotatable bonds is 7. The van der Waals surface area contributed by atoms with Crippen molar-refractivity contribution in [1.82, 2.24) is 0 Å². The fraction of sp³-hybridized carbons (Fsp3) is 0.250. The molecule has 0 amide bonds. The topological polar surface area (TPSA) is 81.8 Å². The van der Waals surface area contributed by atoms with E-state index in [4.69, 9.17) is 9.47 Å². The predicted octanol–water partition coefficient (Wildman–Crippen LogP) is -0.431. The first-order valence-electron chi connectivity index (χ1n) is 6.76. The van der Waals surface area contributed by atoms with Gasteiger partial charge >= 0.3 is 29.6 Å². The Labute approximate surface area is 158 Å². The summed E-state index contributed by atoms with van der Waals surface area (Å²) in [6, 6.07) is 15.9. The minimum Gasteiger partial charge on any atom is -1.00 e. The number of aliphatic hydroxyl groups excluding tert-OH is 1. The number of nitro groups is 1. The van der Waals surface area contributed by atoms with Crippen molar-refractivity contribution in [3.63, 3.8) is 0 Å². The molecule has 6 nitrogen and oxygen atoms in total. The van der Waals surface area contributed by atoms with E-state index in [2.05, 4.69) is 0 Å². The molecule has 118 valence electrons. The van der Waals surface area contributed by atoms with Crippen LogP contribution in [-0.2, 0) is 0 Å². The van der Waals surface area contributed by atoms with Gasteiger partial charge in [0.2, 0.25) is 6.54 Å². The van der Waals surface area contributed by atoms with E-state index in [-0.39, 0.29) is 31.0 Å². The molecule has 2 unspecified atom stereocenters. The number of nitrogens with zero attached hydrogens (tertiary/aromatic N) is 1. The summed E-state index contributed by atoms with van der Waals surface area (Å²) in [5.74, 6) is 0.915. The summed E-state index contributed by atoms with van der Waals surface area (Å²) in [6.07, 6.45) is -2.13. The average molecular weight is 327 g/mol. The van der Waals surface area contributed by atoms with Gasteiger partial charge in [-0.2, -0.15) is 0 Å². The molecule has 23 heavy (non-hydrogen) atoms. The Balaban J connectivity index is 0.00000264. The van der Waals surface area contributed by atoms with E-state index in [1.165, 1.54) is 7.11 Å². The van der Waals surface area contributed by atoms with Crippen LogP contribution < -0.4 is 39.0 Å². The van der Waals surface area contributed by atoms with Crippen molar-refractivity contribution in [1.29, 1.82) is 0 Å². The molecule has 2 aromatic rings. The van der Waals surface area contributed by atoms with Crippen molar-refractivity contribution >= 4 is 0 Å². The number of hydrogen-bond donors (Lipinski definition) is 1. The minimum absolute atomic E-state index is 0. The van der Waals surface area contributed by atoms with Gasteiger partial charge in [-0.05, 0) is 17.7 Å². The van der Waals surface area contributed by atoms with Gasteiger partial charge in [0.15, 0.2) is 23.7 Å². The van der Waals surface area contributed by atoms with E-state index >= 15 is 0 Å². The third-order valence-electron chi connectivity index (χ3n) is 3.14. The van der Waals surface area contributed by atoms with E-state index in [9.17, 15) is 15.2 Å². The molecule has 0 bridgehead atoms. The summed E-state index contributed by atoms with van der Waals surface area (Å²) >= 11 is 0. The largest absolute Gasteiger partial charge is 1.00 e. The van der Waals surface area contributed by atoms with Gasteiger partial charge < -0.3 is 16.0 Å². The number of benzene rings is 2. The fourth-order valence-electron chi connectivity index (χ4n) is 2.11. The van der Waals surface area contributed by atoms with Gasteiger partial charge in [-0.3, -0.25) is 10.1 Å². The predicted molar refractivity (Wildman–Crippen MR) is 81.8 cm³/mol. The molecule has 0 heterocycles. The molecule has 1 N–H and O–H groups in total. The second kappa shape index (κ2) is 9.52. The summed E-state index contributed by atoms with van der Waals surface area (Å²) < 4.78 is 11.0. The van der Waals surface area contributed by atoms with E-state index in [0.717, 1.165) is 0 Å². The van der Waals surface area contributed by atoms with Crippen LogP contribution in [0.2, 0.25) is 0 Å². The quantitative estimate of drug-likeness (QED) is 0.424. The van der Waals surface area contributed by atoms with Crippen LogP contribution in [0.5, 0.6) is 11.5 Å². The molecule has 7 heteroatoms. The first-order valence-corrected chi connectivity index (χ1v) is 6.76. The number of methoxy groups -OCH3 is 1. The van der Waals surface area contributed by atoms with Gasteiger partial charge in [0.25, 0.3) is 0 Å². The second-order valence-corrected chi connectivity index (χ2v) is 4.68. The van der Waals surface area contributed by atoms with Gasteiger partial charge in [0.05, 0.1) is 7.11 Å². The molecule has 0 aromatic heterocycles. The molecule has 2 rings (SSSR count). The molecule has 2 atom stereocenters. The van der Waals surface area contributed by atoms with Crippen LogP contribution in [-0.4, -0.2) is 29.8 Å². The zero-order valence-corrected chi connectivity index (χ0v) is 15.1. The van der Waals surface area contributed by atoms with E-state index < -0.39 is 23.7 Å². The molecule has 0 radical (unpaired) electrons. The van der Waals surface area contributed by atoms with E-state index in [1.54, 1.807) is 48.5 Å². The number of hydrogen-bond acceptors (Lipinski definition) is 5. The fourth-order valence-corrected chi connectivity index (χ4v) is 2.11. The zero-order valence-electron chi connectivity index (χ0n) is 14.1. The Morgan fingerprint density at radius 2 is 1.70 bits per heavy atom. The Hall–Kier alpha value is -1.60. The monoisotopic (exact) mass is 327 g/mol. The molecule has 2 aromatic carbocycles.